The molecule has 0 aromatic carbocycles. The maximum atomic E-state index is 6.21. The Hall–Kier alpha value is -0.0800. The fourth-order valence-electron chi connectivity index (χ4n) is 4.42. The van der Waals surface area contributed by atoms with Gasteiger partial charge < -0.3 is 10.1 Å². The maximum Gasteiger partial charge on any atom is 0.0581 e. The molecule has 1 aliphatic heterocycles. The van der Waals surface area contributed by atoms with Gasteiger partial charge in [0.2, 0.25) is 0 Å². The van der Waals surface area contributed by atoms with E-state index in [-0.39, 0.29) is 0 Å². The van der Waals surface area contributed by atoms with E-state index in [9.17, 15) is 0 Å². The molecule has 1 saturated heterocycles. The molecule has 1 N–H and O–H groups in total. The molecule has 110 valence electrons. The third kappa shape index (κ3) is 2.58. The van der Waals surface area contributed by atoms with Crippen LogP contribution in [-0.4, -0.2) is 25.8 Å². The monoisotopic (exact) mass is 265 g/mol. The lowest BCUT2D eigenvalue weighted by atomic mass is 9.67. The highest BCUT2D eigenvalue weighted by Gasteiger charge is 2.59. The van der Waals surface area contributed by atoms with Crippen LogP contribution in [0, 0.1) is 34.5 Å². The zero-order valence-corrected chi connectivity index (χ0v) is 13.3. The van der Waals surface area contributed by atoms with E-state index >= 15 is 0 Å². The first-order valence-electron chi connectivity index (χ1n) is 8.11. The van der Waals surface area contributed by atoms with Gasteiger partial charge in [0.25, 0.3) is 0 Å². The van der Waals surface area contributed by atoms with Crippen LogP contribution < -0.4 is 5.32 Å². The summed E-state index contributed by atoms with van der Waals surface area (Å²) in [6.45, 7) is 15.4. The first-order chi connectivity index (χ1) is 8.79. The van der Waals surface area contributed by atoms with Crippen LogP contribution in [0.25, 0.3) is 0 Å². The lowest BCUT2D eigenvalue weighted by molar-refractivity contribution is -0.0896. The quantitative estimate of drug-likeness (QED) is 0.842. The van der Waals surface area contributed by atoms with Crippen molar-refractivity contribution in [1.82, 2.24) is 5.32 Å². The predicted molar refractivity (Wildman–Crippen MR) is 79.0 cm³/mol. The summed E-state index contributed by atoms with van der Waals surface area (Å²) in [7, 11) is 0. The van der Waals surface area contributed by atoms with E-state index in [1.54, 1.807) is 0 Å². The summed E-state index contributed by atoms with van der Waals surface area (Å²) in [6, 6.07) is 0. The molecule has 3 rings (SSSR count). The van der Waals surface area contributed by atoms with Gasteiger partial charge in [-0.05, 0) is 60.4 Å². The van der Waals surface area contributed by atoms with E-state index in [2.05, 4.69) is 39.9 Å². The van der Waals surface area contributed by atoms with Crippen molar-refractivity contribution in [2.45, 2.75) is 53.6 Å². The van der Waals surface area contributed by atoms with Crippen LogP contribution in [0.3, 0.4) is 0 Å². The van der Waals surface area contributed by atoms with Crippen molar-refractivity contribution in [3.63, 3.8) is 0 Å². The molecule has 2 saturated carbocycles. The van der Waals surface area contributed by atoms with Crippen molar-refractivity contribution < 1.29 is 4.74 Å². The fraction of sp³-hybridized carbons (Fsp3) is 1.00. The molecule has 0 radical (unpaired) electrons. The highest BCUT2D eigenvalue weighted by atomic mass is 16.5. The summed E-state index contributed by atoms with van der Waals surface area (Å²) in [5.41, 5.74) is 0.846. The Balaban J connectivity index is 1.41. The molecule has 3 aliphatic rings. The standard InChI is InChI=1S/C17H31NO/c1-16(2,3)11-6-12(7-11)19-10-17(4,5)15-13-8-18-9-14(13)15/h11-15,18H,6-10H2,1-5H3. The van der Waals surface area contributed by atoms with Gasteiger partial charge in [0.1, 0.15) is 0 Å². The van der Waals surface area contributed by atoms with Crippen molar-refractivity contribution in [2.75, 3.05) is 19.7 Å². The second-order valence-corrected chi connectivity index (χ2v) is 8.97. The second kappa shape index (κ2) is 4.46. The molecule has 0 bridgehead atoms. The summed E-state index contributed by atoms with van der Waals surface area (Å²) in [4.78, 5) is 0. The van der Waals surface area contributed by atoms with Crippen LogP contribution in [0.5, 0.6) is 0 Å². The van der Waals surface area contributed by atoms with E-state index in [4.69, 9.17) is 4.74 Å². The normalized spacial score (nSPS) is 41.8. The molecule has 2 atom stereocenters. The Kier molecular flexibility index (Phi) is 3.26. The van der Waals surface area contributed by atoms with Gasteiger partial charge in [-0.15, -0.1) is 0 Å². The fourth-order valence-corrected chi connectivity index (χ4v) is 4.42. The molecule has 0 amide bonds. The number of piperidine rings is 1. The van der Waals surface area contributed by atoms with E-state index in [0.29, 0.717) is 16.9 Å². The van der Waals surface area contributed by atoms with Gasteiger partial charge in [-0.3, -0.25) is 0 Å². The first-order valence-corrected chi connectivity index (χ1v) is 8.11. The molecule has 0 aromatic rings. The van der Waals surface area contributed by atoms with Crippen LogP contribution in [0.2, 0.25) is 0 Å². The summed E-state index contributed by atoms with van der Waals surface area (Å²) in [5, 5.41) is 3.49. The lowest BCUT2D eigenvalue weighted by Gasteiger charge is -2.44. The SMILES string of the molecule is CC(C)(C)C1CC(OCC(C)(C)C2C3CNCC32)C1. The van der Waals surface area contributed by atoms with E-state index in [1.165, 1.54) is 25.9 Å². The molecular weight excluding hydrogens is 234 g/mol. The van der Waals surface area contributed by atoms with Crippen LogP contribution in [-0.2, 0) is 4.74 Å². The molecule has 0 aromatic heterocycles. The highest BCUT2D eigenvalue weighted by Crippen LogP contribution is 2.58. The zero-order chi connectivity index (χ0) is 13.8. The molecule has 2 aliphatic carbocycles. The van der Waals surface area contributed by atoms with Crippen molar-refractivity contribution in [2.24, 2.45) is 34.5 Å². The van der Waals surface area contributed by atoms with Gasteiger partial charge in [-0.2, -0.15) is 0 Å². The summed E-state index contributed by atoms with van der Waals surface area (Å²) >= 11 is 0. The minimum absolute atomic E-state index is 0.379. The number of hydrogen-bond acceptors (Lipinski definition) is 2. The number of ether oxygens (including phenoxy) is 1. The van der Waals surface area contributed by atoms with Crippen molar-refractivity contribution >= 4 is 0 Å². The summed E-state index contributed by atoms with van der Waals surface area (Å²) < 4.78 is 6.21. The Bertz CT molecular complexity index is 328. The van der Waals surface area contributed by atoms with Gasteiger partial charge in [0.15, 0.2) is 0 Å². The largest absolute Gasteiger partial charge is 0.378 e. The van der Waals surface area contributed by atoms with E-state index in [1.807, 2.05) is 0 Å². The average molecular weight is 265 g/mol. The molecule has 2 heteroatoms. The number of hydrogen-bond donors (Lipinski definition) is 1. The topological polar surface area (TPSA) is 21.3 Å². The molecule has 2 unspecified atom stereocenters. The Morgan fingerprint density at radius 3 is 2.11 bits per heavy atom. The van der Waals surface area contributed by atoms with Crippen molar-refractivity contribution in [3.05, 3.63) is 0 Å². The molecule has 19 heavy (non-hydrogen) atoms. The van der Waals surface area contributed by atoms with Crippen LogP contribution in [0.1, 0.15) is 47.5 Å². The zero-order valence-electron chi connectivity index (χ0n) is 13.3. The minimum atomic E-state index is 0.379. The van der Waals surface area contributed by atoms with Gasteiger partial charge in [-0.1, -0.05) is 34.6 Å². The summed E-state index contributed by atoms with van der Waals surface area (Å²) in [5.74, 6) is 3.67. The smallest absolute Gasteiger partial charge is 0.0581 e. The van der Waals surface area contributed by atoms with Gasteiger partial charge in [0, 0.05) is 0 Å². The predicted octanol–water partition coefficient (Wildman–Crippen LogP) is 3.32. The van der Waals surface area contributed by atoms with Gasteiger partial charge >= 0.3 is 0 Å². The second-order valence-electron chi connectivity index (χ2n) is 8.97. The Labute approximate surface area is 118 Å². The average Bonchev–Trinajstić information content (AvgIpc) is 2.72. The minimum Gasteiger partial charge on any atom is -0.378 e. The first kappa shape index (κ1) is 13.9. The van der Waals surface area contributed by atoms with Crippen molar-refractivity contribution in [3.8, 4) is 0 Å². The molecule has 2 nitrogen and oxygen atoms in total. The Morgan fingerprint density at radius 2 is 1.58 bits per heavy atom. The highest BCUT2D eigenvalue weighted by molar-refractivity contribution is 5.09. The Morgan fingerprint density at radius 1 is 1.00 bits per heavy atom. The van der Waals surface area contributed by atoms with Gasteiger partial charge in [0.05, 0.1) is 12.7 Å². The van der Waals surface area contributed by atoms with Crippen LogP contribution in [0.15, 0.2) is 0 Å². The molecule has 1 heterocycles. The third-order valence-corrected chi connectivity index (χ3v) is 6.00. The van der Waals surface area contributed by atoms with Gasteiger partial charge in [-0.25, -0.2) is 0 Å². The third-order valence-electron chi connectivity index (χ3n) is 6.00. The van der Waals surface area contributed by atoms with E-state index in [0.717, 1.165) is 30.3 Å². The number of nitrogens with one attached hydrogen (secondary N) is 1. The maximum absolute atomic E-state index is 6.21. The van der Waals surface area contributed by atoms with E-state index < -0.39 is 0 Å². The summed E-state index contributed by atoms with van der Waals surface area (Å²) in [6.07, 6.45) is 3.09. The van der Waals surface area contributed by atoms with Crippen LogP contribution >= 0.6 is 0 Å². The number of rotatable bonds is 4. The lowest BCUT2D eigenvalue weighted by Crippen LogP contribution is -2.41. The number of fused-ring (bicyclic) bond motifs is 1. The molecular formula is C17H31NO. The molecule has 3 fully saturated rings. The van der Waals surface area contributed by atoms with Crippen molar-refractivity contribution in [1.29, 1.82) is 0 Å². The molecule has 0 spiro atoms. The van der Waals surface area contributed by atoms with Crippen LogP contribution in [0.4, 0.5) is 0 Å².